The standard InChI is InChI=1S/C14H30O.H2O4S/c1-4-5-6-7-8-9-13(2)10-11-14(3)12-15;1-5(2,3)4/h13-15H,4-12H2,1-3H3;(H2,1,2,3,4)/p-2. The molecule has 0 aliphatic heterocycles. The largest absolute Gasteiger partial charge is 0.759 e. The van der Waals surface area contributed by atoms with Gasteiger partial charge in [0.1, 0.15) is 0 Å². The number of hydrogen-bond acceptors (Lipinski definition) is 5. The van der Waals surface area contributed by atoms with Gasteiger partial charge in [-0.1, -0.05) is 65.7 Å². The second kappa shape index (κ2) is 13.8. The monoisotopic (exact) mass is 310 g/mol. The van der Waals surface area contributed by atoms with Crippen molar-refractivity contribution in [1.29, 1.82) is 0 Å². The first-order chi connectivity index (χ1) is 9.20. The molecule has 0 saturated heterocycles. The molecule has 0 aliphatic rings. The van der Waals surface area contributed by atoms with Crippen LogP contribution in [0.15, 0.2) is 0 Å². The maximum absolute atomic E-state index is 8.92. The summed E-state index contributed by atoms with van der Waals surface area (Å²) >= 11 is 0. The second-order valence-corrected chi connectivity index (χ2v) is 6.40. The fourth-order valence-corrected chi connectivity index (χ4v) is 1.90. The normalized spacial score (nSPS) is 14.3. The van der Waals surface area contributed by atoms with Crippen molar-refractivity contribution >= 4 is 10.4 Å². The number of hydrogen-bond donors (Lipinski definition) is 1. The van der Waals surface area contributed by atoms with Crippen LogP contribution in [0.3, 0.4) is 0 Å². The zero-order chi connectivity index (χ0) is 16.0. The quantitative estimate of drug-likeness (QED) is 0.379. The van der Waals surface area contributed by atoms with Gasteiger partial charge in [-0.3, -0.25) is 8.42 Å². The van der Waals surface area contributed by atoms with Gasteiger partial charge in [-0.05, 0) is 18.3 Å². The SMILES string of the molecule is CCCCCCCC(C)CCC(C)CO.O=S(=O)([O-])[O-]. The average molecular weight is 310 g/mol. The summed E-state index contributed by atoms with van der Waals surface area (Å²) in [7, 11) is -5.17. The Balaban J connectivity index is 0. The van der Waals surface area contributed by atoms with Gasteiger partial charge in [0, 0.05) is 17.0 Å². The molecule has 0 saturated carbocycles. The summed E-state index contributed by atoms with van der Waals surface area (Å²) in [6.45, 7) is 7.10. The van der Waals surface area contributed by atoms with Crippen molar-refractivity contribution in [3.8, 4) is 0 Å². The zero-order valence-electron chi connectivity index (χ0n) is 13.0. The van der Waals surface area contributed by atoms with E-state index in [4.69, 9.17) is 22.6 Å². The maximum atomic E-state index is 8.92. The highest BCUT2D eigenvalue weighted by atomic mass is 32.3. The fourth-order valence-electron chi connectivity index (χ4n) is 1.90. The summed E-state index contributed by atoms with van der Waals surface area (Å²) in [4.78, 5) is 0. The van der Waals surface area contributed by atoms with Gasteiger partial charge >= 0.3 is 0 Å². The van der Waals surface area contributed by atoms with Crippen LogP contribution in [0.2, 0.25) is 0 Å². The third kappa shape index (κ3) is 26.4. The minimum Gasteiger partial charge on any atom is -0.759 e. The minimum absolute atomic E-state index is 0.350. The van der Waals surface area contributed by atoms with E-state index in [0.717, 1.165) is 5.92 Å². The molecule has 0 rings (SSSR count). The van der Waals surface area contributed by atoms with E-state index >= 15 is 0 Å². The van der Waals surface area contributed by atoms with Gasteiger partial charge in [-0.25, -0.2) is 0 Å². The molecular weight excluding hydrogens is 280 g/mol. The Morgan fingerprint density at radius 1 is 0.900 bits per heavy atom. The van der Waals surface area contributed by atoms with Crippen molar-refractivity contribution in [2.45, 2.75) is 72.1 Å². The number of aliphatic hydroxyl groups is 1. The average Bonchev–Trinajstić information content (AvgIpc) is 2.33. The Morgan fingerprint density at radius 2 is 1.35 bits per heavy atom. The first-order valence-electron chi connectivity index (χ1n) is 7.48. The lowest BCUT2D eigenvalue weighted by Crippen LogP contribution is -2.04. The van der Waals surface area contributed by atoms with Crippen LogP contribution in [0.4, 0.5) is 0 Å². The molecule has 2 atom stereocenters. The highest BCUT2D eigenvalue weighted by molar-refractivity contribution is 7.79. The van der Waals surface area contributed by atoms with Crippen molar-refractivity contribution in [2.75, 3.05) is 6.61 Å². The van der Waals surface area contributed by atoms with Gasteiger partial charge in [0.2, 0.25) is 0 Å². The number of aliphatic hydroxyl groups excluding tert-OH is 1. The van der Waals surface area contributed by atoms with Gasteiger partial charge in [-0.2, -0.15) is 0 Å². The van der Waals surface area contributed by atoms with Gasteiger partial charge in [0.05, 0.1) is 0 Å². The van der Waals surface area contributed by atoms with E-state index in [-0.39, 0.29) is 0 Å². The topological polar surface area (TPSA) is 100 Å². The minimum atomic E-state index is -5.17. The Bertz CT molecular complexity index is 282. The molecular formula is C14H30O5S-2. The lowest BCUT2D eigenvalue weighted by molar-refractivity contribution is 0.221. The Labute approximate surface area is 124 Å². The lowest BCUT2D eigenvalue weighted by Gasteiger charge is -2.13. The molecule has 0 spiro atoms. The molecule has 2 unspecified atom stereocenters. The lowest BCUT2D eigenvalue weighted by atomic mass is 9.94. The summed E-state index contributed by atoms with van der Waals surface area (Å²) in [6.07, 6.45) is 10.8. The molecule has 0 amide bonds. The van der Waals surface area contributed by atoms with Crippen molar-refractivity contribution < 1.29 is 22.6 Å². The molecule has 6 heteroatoms. The van der Waals surface area contributed by atoms with Crippen LogP contribution in [-0.4, -0.2) is 29.2 Å². The molecule has 0 heterocycles. The van der Waals surface area contributed by atoms with Crippen LogP contribution < -0.4 is 0 Å². The first kappa shape index (κ1) is 22.1. The van der Waals surface area contributed by atoms with Crippen LogP contribution in [-0.2, 0) is 10.4 Å². The summed E-state index contributed by atoms with van der Waals surface area (Å²) in [5, 5.41) is 8.92. The van der Waals surface area contributed by atoms with E-state index in [0.29, 0.717) is 12.5 Å². The third-order valence-corrected chi connectivity index (χ3v) is 3.26. The van der Waals surface area contributed by atoms with Crippen molar-refractivity contribution in [2.24, 2.45) is 11.8 Å². The summed E-state index contributed by atoms with van der Waals surface area (Å²) in [5.74, 6) is 1.34. The Morgan fingerprint density at radius 3 is 1.80 bits per heavy atom. The molecule has 0 bridgehead atoms. The predicted molar refractivity (Wildman–Crippen MR) is 78.5 cm³/mol. The van der Waals surface area contributed by atoms with E-state index in [1.807, 2.05) is 0 Å². The Hall–Kier alpha value is -0.170. The third-order valence-electron chi connectivity index (χ3n) is 3.26. The van der Waals surface area contributed by atoms with Crippen LogP contribution in [0.25, 0.3) is 0 Å². The predicted octanol–water partition coefficient (Wildman–Crippen LogP) is 3.05. The molecule has 20 heavy (non-hydrogen) atoms. The van der Waals surface area contributed by atoms with E-state index in [1.165, 1.54) is 51.4 Å². The van der Waals surface area contributed by atoms with Crippen molar-refractivity contribution in [3.63, 3.8) is 0 Å². The van der Waals surface area contributed by atoms with Gasteiger partial charge in [0.25, 0.3) is 0 Å². The van der Waals surface area contributed by atoms with Gasteiger partial charge in [0.15, 0.2) is 0 Å². The molecule has 0 fully saturated rings. The highest BCUT2D eigenvalue weighted by Gasteiger charge is 2.05. The van der Waals surface area contributed by atoms with E-state index in [9.17, 15) is 0 Å². The maximum Gasteiger partial charge on any atom is 0.0456 e. The molecule has 0 aromatic heterocycles. The highest BCUT2D eigenvalue weighted by Crippen LogP contribution is 2.18. The molecule has 1 N–H and O–H groups in total. The molecule has 124 valence electrons. The molecule has 0 radical (unpaired) electrons. The van der Waals surface area contributed by atoms with Crippen LogP contribution >= 0.6 is 0 Å². The second-order valence-electron chi connectivity index (χ2n) is 5.58. The van der Waals surface area contributed by atoms with Crippen LogP contribution in [0.1, 0.15) is 72.1 Å². The van der Waals surface area contributed by atoms with Crippen LogP contribution in [0, 0.1) is 11.8 Å². The smallest absolute Gasteiger partial charge is 0.0456 e. The van der Waals surface area contributed by atoms with Gasteiger partial charge < -0.3 is 14.2 Å². The van der Waals surface area contributed by atoms with Crippen molar-refractivity contribution in [3.05, 3.63) is 0 Å². The molecule has 0 aliphatic carbocycles. The molecule has 0 aromatic carbocycles. The number of unbranched alkanes of at least 4 members (excludes halogenated alkanes) is 4. The van der Waals surface area contributed by atoms with E-state index in [2.05, 4.69) is 20.8 Å². The first-order valence-corrected chi connectivity index (χ1v) is 8.81. The molecule has 5 nitrogen and oxygen atoms in total. The number of rotatable bonds is 10. The van der Waals surface area contributed by atoms with E-state index < -0.39 is 10.4 Å². The Kier molecular flexibility index (Phi) is 15.3. The zero-order valence-corrected chi connectivity index (χ0v) is 13.8. The van der Waals surface area contributed by atoms with Crippen molar-refractivity contribution in [1.82, 2.24) is 0 Å². The van der Waals surface area contributed by atoms with Gasteiger partial charge in [-0.15, -0.1) is 0 Å². The summed E-state index contributed by atoms with van der Waals surface area (Å²) in [5.41, 5.74) is 0. The van der Waals surface area contributed by atoms with E-state index in [1.54, 1.807) is 0 Å². The van der Waals surface area contributed by atoms with Crippen LogP contribution in [0.5, 0.6) is 0 Å². The summed E-state index contributed by atoms with van der Waals surface area (Å²) in [6, 6.07) is 0. The summed E-state index contributed by atoms with van der Waals surface area (Å²) < 4.78 is 34.1. The fraction of sp³-hybridized carbons (Fsp3) is 1.00. The molecule has 0 aromatic rings.